The van der Waals surface area contributed by atoms with Crippen molar-refractivity contribution in [3.8, 4) is 5.75 Å². The van der Waals surface area contributed by atoms with Gasteiger partial charge in [-0.3, -0.25) is 4.79 Å². The number of amides is 1. The second-order valence-corrected chi connectivity index (χ2v) is 3.83. The van der Waals surface area contributed by atoms with Gasteiger partial charge >= 0.3 is 0 Å². The molecular formula is C12H17ClN2O2. The maximum Gasteiger partial charge on any atom is 0.257 e. The van der Waals surface area contributed by atoms with Gasteiger partial charge in [-0.1, -0.05) is 30.7 Å². The number of rotatable bonds is 7. The van der Waals surface area contributed by atoms with E-state index in [0.29, 0.717) is 17.3 Å². The van der Waals surface area contributed by atoms with E-state index in [9.17, 15) is 4.79 Å². The summed E-state index contributed by atoms with van der Waals surface area (Å²) in [5.74, 6) is 0.374. The minimum atomic E-state index is -0.150. The Balaban J connectivity index is 2.22. The number of carbonyl (C=O) groups excluding carboxylic acids is 1. The molecule has 1 aromatic rings. The van der Waals surface area contributed by atoms with Crippen LogP contribution in [0.4, 0.5) is 0 Å². The topological polar surface area (TPSA) is 50.4 Å². The summed E-state index contributed by atoms with van der Waals surface area (Å²) in [6, 6.07) is 7.07. The first kappa shape index (κ1) is 13.8. The Morgan fingerprint density at radius 2 is 2.12 bits per heavy atom. The van der Waals surface area contributed by atoms with Crippen molar-refractivity contribution in [1.82, 2.24) is 10.6 Å². The molecule has 1 aromatic carbocycles. The van der Waals surface area contributed by atoms with Crippen molar-refractivity contribution in [3.05, 3.63) is 29.3 Å². The van der Waals surface area contributed by atoms with E-state index in [4.69, 9.17) is 16.3 Å². The number of likely N-dealkylation sites (N-methyl/N-ethyl adjacent to an activating group) is 1. The normalized spacial score (nSPS) is 10.0. The Bertz CT molecular complexity index is 358. The number of halogens is 1. The molecule has 4 nitrogen and oxygen atoms in total. The molecule has 0 saturated heterocycles. The summed E-state index contributed by atoms with van der Waals surface area (Å²) in [5.41, 5.74) is 0. The molecule has 17 heavy (non-hydrogen) atoms. The summed E-state index contributed by atoms with van der Waals surface area (Å²) in [5, 5.41) is 6.35. The van der Waals surface area contributed by atoms with Crippen LogP contribution < -0.4 is 15.4 Å². The molecule has 0 unspecified atom stereocenters. The van der Waals surface area contributed by atoms with Gasteiger partial charge in [0.2, 0.25) is 0 Å². The van der Waals surface area contributed by atoms with Gasteiger partial charge in [0, 0.05) is 13.1 Å². The van der Waals surface area contributed by atoms with Crippen LogP contribution >= 0.6 is 11.6 Å². The monoisotopic (exact) mass is 256 g/mol. The van der Waals surface area contributed by atoms with Gasteiger partial charge in [0.05, 0.1) is 5.02 Å². The fraction of sp³-hybridized carbons (Fsp3) is 0.417. The molecule has 0 saturated carbocycles. The van der Waals surface area contributed by atoms with Crippen LogP contribution in [0.5, 0.6) is 5.75 Å². The molecule has 0 aliphatic rings. The van der Waals surface area contributed by atoms with E-state index in [1.165, 1.54) is 0 Å². The summed E-state index contributed by atoms with van der Waals surface area (Å²) in [7, 11) is 0. The Morgan fingerprint density at radius 3 is 2.82 bits per heavy atom. The van der Waals surface area contributed by atoms with Crippen LogP contribution in [0.3, 0.4) is 0 Å². The third-order valence-electron chi connectivity index (χ3n) is 2.07. The fourth-order valence-electron chi connectivity index (χ4n) is 1.22. The van der Waals surface area contributed by atoms with Crippen molar-refractivity contribution < 1.29 is 9.53 Å². The molecule has 94 valence electrons. The summed E-state index contributed by atoms with van der Waals surface area (Å²) in [4.78, 5) is 11.4. The molecule has 0 aliphatic carbocycles. The summed E-state index contributed by atoms with van der Waals surface area (Å²) < 4.78 is 5.29. The van der Waals surface area contributed by atoms with E-state index in [1.54, 1.807) is 12.1 Å². The van der Waals surface area contributed by atoms with Gasteiger partial charge in [-0.05, 0) is 18.7 Å². The zero-order chi connectivity index (χ0) is 12.5. The first-order valence-electron chi connectivity index (χ1n) is 5.58. The molecule has 0 aromatic heterocycles. The molecule has 0 bridgehead atoms. The van der Waals surface area contributed by atoms with Gasteiger partial charge in [0.15, 0.2) is 6.61 Å². The minimum Gasteiger partial charge on any atom is -0.482 e. The molecule has 0 heterocycles. The van der Waals surface area contributed by atoms with Crippen molar-refractivity contribution >= 4 is 17.5 Å². The van der Waals surface area contributed by atoms with Gasteiger partial charge in [0.1, 0.15) is 5.75 Å². The number of ether oxygens (including phenoxy) is 1. The molecular weight excluding hydrogens is 240 g/mol. The van der Waals surface area contributed by atoms with E-state index in [-0.39, 0.29) is 12.5 Å². The average molecular weight is 257 g/mol. The van der Waals surface area contributed by atoms with E-state index < -0.39 is 0 Å². The van der Waals surface area contributed by atoms with Crippen LogP contribution in [0, 0.1) is 0 Å². The Hall–Kier alpha value is -1.26. The quantitative estimate of drug-likeness (QED) is 0.726. The molecule has 0 spiro atoms. The van der Waals surface area contributed by atoms with Gasteiger partial charge in [0.25, 0.3) is 5.91 Å². The van der Waals surface area contributed by atoms with Gasteiger partial charge in [-0.2, -0.15) is 0 Å². The van der Waals surface area contributed by atoms with E-state index in [1.807, 2.05) is 19.1 Å². The lowest BCUT2D eigenvalue weighted by molar-refractivity contribution is -0.123. The predicted octanol–water partition coefficient (Wildman–Crippen LogP) is 1.44. The lowest BCUT2D eigenvalue weighted by Gasteiger charge is -2.08. The molecule has 0 radical (unpaired) electrons. The molecule has 1 amide bonds. The van der Waals surface area contributed by atoms with Crippen molar-refractivity contribution in [2.45, 2.75) is 6.92 Å². The zero-order valence-corrected chi connectivity index (χ0v) is 10.6. The Kier molecular flexibility index (Phi) is 6.43. The van der Waals surface area contributed by atoms with Gasteiger partial charge in [-0.15, -0.1) is 0 Å². The number of para-hydroxylation sites is 1. The Labute approximate surface area is 106 Å². The predicted molar refractivity (Wildman–Crippen MR) is 68.5 cm³/mol. The minimum absolute atomic E-state index is 0.0180. The summed E-state index contributed by atoms with van der Waals surface area (Å²) in [6.07, 6.45) is 0. The molecule has 1 rings (SSSR count). The largest absolute Gasteiger partial charge is 0.482 e. The number of benzene rings is 1. The van der Waals surface area contributed by atoms with Crippen LogP contribution in [0.1, 0.15) is 6.92 Å². The fourth-order valence-corrected chi connectivity index (χ4v) is 1.41. The third-order valence-corrected chi connectivity index (χ3v) is 2.38. The molecule has 0 atom stereocenters. The molecule has 5 heteroatoms. The maximum atomic E-state index is 11.4. The van der Waals surface area contributed by atoms with Crippen molar-refractivity contribution in [2.75, 3.05) is 26.2 Å². The standard InChI is InChI=1S/C12H17ClN2O2/c1-2-14-7-8-15-12(16)9-17-11-6-4-3-5-10(11)13/h3-6,14H,2,7-9H2,1H3,(H,15,16). The highest BCUT2D eigenvalue weighted by Crippen LogP contribution is 2.22. The second kappa shape index (κ2) is 7.92. The van der Waals surface area contributed by atoms with E-state index >= 15 is 0 Å². The van der Waals surface area contributed by atoms with Crippen LogP contribution in [0.25, 0.3) is 0 Å². The summed E-state index contributed by atoms with van der Waals surface area (Å²) >= 11 is 5.89. The molecule has 0 fully saturated rings. The van der Waals surface area contributed by atoms with Crippen molar-refractivity contribution in [1.29, 1.82) is 0 Å². The second-order valence-electron chi connectivity index (χ2n) is 3.42. The molecule has 0 aliphatic heterocycles. The summed E-state index contributed by atoms with van der Waals surface area (Å²) in [6.45, 7) is 4.25. The SMILES string of the molecule is CCNCCNC(=O)COc1ccccc1Cl. The number of hydrogen-bond donors (Lipinski definition) is 2. The highest BCUT2D eigenvalue weighted by Gasteiger charge is 2.04. The first-order valence-corrected chi connectivity index (χ1v) is 5.96. The third kappa shape index (κ3) is 5.56. The lowest BCUT2D eigenvalue weighted by atomic mass is 10.3. The van der Waals surface area contributed by atoms with Crippen LogP contribution in [-0.4, -0.2) is 32.1 Å². The average Bonchev–Trinajstić information content (AvgIpc) is 2.34. The van der Waals surface area contributed by atoms with E-state index in [0.717, 1.165) is 13.1 Å². The van der Waals surface area contributed by atoms with Crippen LogP contribution in [-0.2, 0) is 4.79 Å². The maximum absolute atomic E-state index is 11.4. The van der Waals surface area contributed by atoms with Crippen LogP contribution in [0.2, 0.25) is 5.02 Å². The number of carbonyl (C=O) groups is 1. The van der Waals surface area contributed by atoms with Crippen LogP contribution in [0.15, 0.2) is 24.3 Å². The van der Waals surface area contributed by atoms with Crippen molar-refractivity contribution in [3.63, 3.8) is 0 Å². The van der Waals surface area contributed by atoms with Crippen molar-refractivity contribution in [2.24, 2.45) is 0 Å². The first-order chi connectivity index (χ1) is 8.24. The molecule has 2 N–H and O–H groups in total. The van der Waals surface area contributed by atoms with Gasteiger partial charge in [-0.25, -0.2) is 0 Å². The highest BCUT2D eigenvalue weighted by molar-refractivity contribution is 6.32. The van der Waals surface area contributed by atoms with Gasteiger partial charge < -0.3 is 15.4 Å². The van der Waals surface area contributed by atoms with E-state index in [2.05, 4.69) is 10.6 Å². The lowest BCUT2D eigenvalue weighted by Crippen LogP contribution is -2.34. The number of nitrogens with one attached hydrogen (secondary N) is 2. The Morgan fingerprint density at radius 1 is 1.35 bits per heavy atom. The zero-order valence-electron chi connectivity index (χ0n) is 9.83. The smallest absolute Gasteiger partial charge is 0.257 e. The number of hydrogen-bond acceptors (Lipinski definition) is 3. The highest BCUT2D eigenvalue weighted by atomic mass is 35.5.